The minimum absolute atomic E-state index is 0. The second-order valence-electron chi connectivity index (χ2n) is 6.71. The fourth-order valence-corrected chi connectivity index (χ4v) is 2.75. The zero-order valence-corrected chi connectivity index (χ0v) is 19.9. The quantitative estimate of drug-likeness (QED) is 0.185. The first-order valence-corrected chi connectivity index (χ1v) is 9.33. The van der Waals surface area contributed by atoms with E-state index in [1.807, 2.05) is 0 Å². The van der Waals surface area contributed by atoms with Crippen LogP contribution in [0.5, 0.6) is 0 Å². The van der Waals surface area contributed by atoms with E-state index in [9.17, 15) is 19.2 Å². The fourth-order valence-electron chi connectivity index (χ4n) is 2.75. The molecule has 0 aliphatic rings. The molecule has 33 heavy (non-hydrogen) atoms. The van der Waals surface area contributed by atoms with Crippen molar-refractivity contribution >= 4 is 64.6 Å². The van der Waals surface area contributed by atoms with Gasteiger partial charge in [-0.3, -0.25) is 19.4 Å². The number of nitrogens with one attached hydrogen (secondary N) is 3. The molecule has 0 aliphatic carbocycles. The van der Waals surface area contributed by atoms with Crippen LogP contribution in [-0.2, 0) is 16.1 Å². The largest absolute Gasteiger partial charge is 0.481 e. The van der Waals surface area contributed by atoms with Crippen LogP contribution in [0.4, 0.5) is 11.6 Å². The molecule has 0 saturated heterocycles. The molecule has 2 aromatic heterocycles. The maximum atomic E-state index is 12.3. The first-order valence-electron chi connectivity index (χ1n) is 9.33. The molecule has 0 unspecified atom stereocenters. The molecule has 13 nitrogen and oxygen atoms in total. The number of nitrogens with zero attached hydrogens (tertiary/aromatic N) is 3. The molecular formula is C19H19N7O6Sn. The summed E-state index contributed by atoms with van der Waals surface area (Å²) in [6, 6.07) is 4.86. The third-order valence-electron chi connectivity index (χ3n) is 4.36. The fraction of sp³-hybridized carbons (Fsp3) is 0.211. The minimum atomic E-state index is -1.31. The maximum absolute atomic E-state index is 12.3. The summed E-state index contributed by atoms with van der Waals surface area (Å²) in [5.74, 6) is -3.16. The molecule has 3 aromatic rings. The number of fused-ring (bicyclic) bond motifs is 1. The second-order valence-corrected chi connectivity index (χ2v) is 6.71. The molecule has 0 bridgehead atoms. The van der Waals surface area contributed by atoms with Crippen molar-refractivity contribution in [3.63, 3.8) is 0 Å². The average molecular weight is 560 g/mol. The number of hydrogen-bond donors (Lipinski definition) is 6. The van der Waals surface area contributed by atoms with Gasteiger partial charge in [-0.05, 0) is 30.7 Å². The Labute approximate surface area is 202 Å². The summed E-state index contributed by atoms with van der Waals surface area (Å²) in [7, 11) is 0. The van der Waals surface area contributed by atoms with E-state index in [1.54, 1.807) is 12.1 Å². The van der Waals surface area contributed by atoms with Gasteiger partial charge < -0.3 is 26.6 Å². The molecule has 0 spiro atoms. The summed E-state index contributed by atoms with van der Waals surface area (Å²) in [5, 5.41) is 23.2. The van der Waals surface area contributed by atoms with Crippen LogP contribution in [0.15, 0.2) is 35.3 Å². The van der Waals surface area contributed by atoms with Crippen LogP contribution in [0.25, 0.3) is 11.2 Å². The van der Waals surface area contributed by atoms with Gasteiger partial charge >= 0.3 is 11.9 Å². The van der Waals surface area contributed by atoms with Crippen LogP contribution in [0, 0.1) is 0 Å². The Morgan fingerprint density at radius 1 is 1.12 bits per heavy atom. The van der Waals surface area contributed by atoms with E-state index in [4.69, 9.17) is 15.9 Å². The number of hydrogen-bond acceptors (Lipinski definition) is 9. The first kappa shape index (κ1) is 25.5. The smallest absolute Gasteiger partial charge is 0.326 e. The van der Waals surface area contributed by atoms with E-state index < -0.39 is 29.4 Å². The standard InChI is InChI=1S/C19H19N7O6.Sn/c20-19-25-15-14(17(30)26-19)23-11(8-22-15)7-21-10-3-1-9(2-4-10)16(29)24-12(18(31)32)5-6-13(27)28;/h1-4,8,12,21H,5-7H2,(H,24,29)(H,27,28)(H,31,32)(H3,20,22,25,26,30);/t12-;/m0./s1. The van der Waals surface area contributed by atoms with Crippen molar-refractivity contribution in [2.45, 2.75) is 25.4 Å². The van der Waals surface area contributed by atoms with E-state index >= 15 is 0 Å². The summed E-state index contributed by atoms with van der Waals surface area (Å²) in [4.78, 5) is 60.6. The van der Waals surface area contributed by atoms with Crippen molar-refractivity contribution in [2.75, 3.05) is 11.1 Å². The topological polar surface area (TPSA) is 213 Å². The van der Waals surface area contributed by atoms with Crippen LogP contribution in [-0.4, -0.2) is 77.9 Å². The SMILES string of the molecule is Nc1nc2ncc(CNc3ccc(C(=O)N[C@@H](CCC(=O)O)C(=O)O)cc3)nc2c(=O)[nH]1.[Sn]. The number of nitrogens with two attached hydrogens (primary N) is 1. The Bertz CT molecular complexity index is 1230. The van der Waals surface area contributed by atoms with Crippen LogP contribution in [0.2, 0.25) is 0 Å². The molecule has 3 rings (SSSR count). The van der Waals surface area contributed by atoms with Crippen molar-refractivity contribution < 1.29 is 24.6 Å². The van der Waals surface area contributed by atoms with Crippen molar-refractivity contribution in [3.05, 3.63) is 52.1 Å². The minimum Gasteiger partial charge on any atom is -0.481 e. The van der Waals surface area contributed by atoms with Gasteiger partial charge in [0.2, 0.25) is 5.95 Å². The Kier molecular flexibility index (Phi) is 8.67. The Morgan fingerprint density at radius 3 is 2.45 bits per heavy atom. The predicted molar refractivity (Wildman–Crippen MR) is 118 cm³/mol. The Hall–Kier alpha value is -3.75. The number of carboxylic acids is 2. The van der Waals surface area contributed by atoms with Crippen LogP contribution < -0.4 is 21.9 Å². The molecule has 2 heterocycles. The van der Waals surface area contributed by atoms with Crippen molar-refractivity contribution in [3.8, 4) is 0 Å². The molecule has 170 valence electrons. The molecule has 1 amide bonds. The maximum Gasteiger partial charge on any atom is 0.326 e. The predicted octanol–water partition coefficient (Wildman–Crippen LogP) is -0.426. The third kappa shape index (κ3) is 6.86. The van der Waals surface area contributed by atoms with E-state index in [0.717, 1.165) is 0 Å². The van der Waals surface area contributed by atoms with Gasteiger partial charge in [0.1, 0.15) is 6.04 Å². The van der Waals surface area contributed by atoms with Crippen LogP contribution >= 0.6 is 0 Å². The van der Waals surface area contributed by atoms with Crippen molar-refractivity contribution in [2.24, 2.45) is 0 Å². The van der Waals surface area contributed by atoms with Gasteiger partial charge in [-0.15, -0.1) is 0 Å². The first-order chi connectivity index (χ1) is 15.2. The number of carbonyl (C=O) groups is 3. The normalized spacial score (nSPS) is 11.3. The molecule has 14 heteroatoms. The summed E-state index contributed by atoms with van der Waals surface area (Å²) < 4.78 is 0. The molecule has 0 aliphatic heterocycles. The number of rotatable bonds is 9. The number of anilines is 2. The number of aliphatic carboxylic acids is 2. The van der Waals surface area contributed by atoms with Gasteiger partial charge in [-0.25, -0.2) is 14.8 Å². The van der Waals surface area contributed by atoms with Gasteiger partial charge in [0, 0.05) is 41.6 Å². The van der Waals surface area contributed by atoms with E-state index in [-0.39, 0.29) is 66.0 Å². The third-order valence-corrected chi connectivity index (χ3v) is 4.36. The number of H-pyrrole nitrogens is 1. The van der Waals surface area contributed by atoms with Gasteiger partial charge in [0.05, 0.1) is 18.4 Å². The number of aromatic nitrogens is 4. The number of benzene rings is 1. The number of carboxylic acid groups (broad SMARTS) is 2. The molecule has 0 fully saturated rings. The van der Waals surface area contributed by atoms with E-state index in [0.29, 0.717) is 11.4 Å². The Morgan fingerprint density at radius 2 is 1.82 bits per heavy atom. The molecule has 7 N–H and O–H groups in total. The number of nitrogen functional groups attached to an aromatic ring is 1. The molecular weight excluding hydrogens is 541 g/mol. The van der Waals surface area contributed by atoms with Crippen molar-refractivity contribution in [1.29, 1.82) is 0 Å². The second kappa shape index (κ2) is 11.2. The summed E-state index contributed by atoms with van der Waals surface area (Å²) >= 11 is 0. The molecule has 1 aromatic carbocycles. The van der Waals surface area contributed by atoms with E-state index in [2.05, 4.69) is 30.6 Å². The summed E-state index contributed by atoms with van der Waals surface area (Å²) in [6.07, 6.45) is 0.840. The van der Waals surface area contributed by atoms with Crippen LogP contribution in [0.1, 0.15) is 28.9 Å². The summed E-state index contributed by atoms with van der Waals surface area (Å²) in [5.41, 5.74) is 6.47. The van der Waals surface area contributed by atoms with Gasteiger partial charge in [-0.1, -0.05) is 0 Å². The zero-order valence-electron chi connectivity index (χ0n) is 17.0. The van der Waals surface area contributed by atoms with Crippen LogP contribution in [0.3, 0.4) is 0 Å². The zero-order chi connectivity index (χ0) is 23.3. The molecule has 4 radical (unpaired) electrons. The van der Waals surface area contributed by atoms with Gasteiger partial charge in [-0.2, -0.15) is 4.98 Å². The Balaban J connectivity index is 0.00000385. The van der Waals surface area contributed by atoms with Gasteiger partial charge in [0.25, 0.3) is 11.5 Å². The number of aromatic amines is 1. The average Bonchev–Trinajstić information content (AvgIpc) is 2.75. The molecule has 1 atom stereocenters. The summed E-state index contributed by atoms with van der Waals surface area (Å²) in [6.45, 7) is 0.231. The number of carbonyl (C=O) groups excluding carboxylic acids is 1. The van der Waals surface area contributed by atoms with Gasteiger partial charge in [0.15, 0.2) is 11.2 Å². The monoisotopic (exact) mass is 561 g/mol. The number of amides is 1. The van der Waals surface area contributed by atoms with Crippen molar-refractivity contribution in [1.82, 2.24) is 25.3 Å². The van der Waals surface area contributed by atoms with E-state index in [1.165, 1.54) is 18.3 Å². The molecule has 0 saturated carbocycles.